The predicted octanol–water partition coefficient (Wildman–Crippen LogP) is 3.14. The smallest absolute Gasteiger partial charge is 0.232 e. The lowest BCUT2D eigenvalue weighted by Crippen LogP contribution is -2.47. The van der Waals surface area contributed by atoms with Crippen LogP contribution in [0.2, 0.25) is 0 Å². The predicted molar refractivity (Wildman–Crippen MR) is 152 cm³/mol. The quantitative estimate of drug-likeness (QED) is 0.455. The van der Waals surface area contributed by atoms with Crippen LogP contribution in [0.15, 0.2) is 60.7 Å². The number of anilines is 4. The first-order valence-electron chi connectivity index (χ1n) is 12.6. The number of rotatable bonds is 7. The molecule has 1 aromatic heterocycles. The minimum absolute atomic E-state index is 0.481. The standard InChI is InChI=1S/C27H33N7O2S/c1-35-23-9-7-21(8-10-23)20-28-27(37)31-26-29-24(19-25(30-26)34-15-17-36-18-16-34)33-13-11-32(12-14-33)22-5-3-2-4-6-22/h2-10,19H,11-18,20H2,1H3,(H2,28,29,30,31,37). The van der Waals surface area contributed by atoms with Crippen molar-refractivity contribution in [3.63, 3.8) is 0 Å². The molecule has 0 atom stereocenters. The van der Waals surface area contributed by atoms with E-state index in [2.05, 4.69) is 61.7 Å². The third kappa shape index (κ3) is 6.58. The lowest BCUT2D eigenvalue weighted by atomic mass is 10.2. The molecule has 37 heavy (non-hydrogen) atoms. The van der Waals surface area contributed by atoms with E-state index in [0.29, 0.717) is 30.8 Å². The van der Waals surface area contributed by atoms with Crippen molar-refractivity contribution in [2.45, 2.75) is 6.54 Å². The zero-order valence-corrected chi connectivity index (χ0v) is 21.9. The molecule has 9 nitrogen and oxygen atoms in total. The summed E-state index contributed by atoms with van der Waals surface area (Å²) in [5.41, 5.74) is 2.36. The SMILES string of the molecule is COc1ccc(CNC(=S)Nc2nc(N3CCOCC3)cc(N3CCN(c4ccccc4)CC3)n2)cc1. The van der Waals surface area contributed by atoms with Crippen molar-refractivity contribution in [2.75, 3.05) is 79.6 Å². The second-order valence-corrected chi connectivity index (χ2v) is 9.38. The molecule has 10 heteroatoms. The number of aromatic nitrogens is 2. The van der Waals surface area contributed by atoms with Crippen LogP contribution in [0.3, 0.4) is 0 Å². The van der Waals surface area contributed by atoms with Gasteiger partial charge in [0, 0.05) is 57.6 Å². The van der Waals surface area contributed by atoms with Gasteiger partial charge in [0.1, 0.15) is 17.4 Å². The van der Waals surface area contributed by atoms with Crippen LogP contribution in [-0.2, 0) is 11.3 Å². The highest BCUT2D eigenvalue weighted by atomic mass is 32.1. The van der Waals surface area contributed by atoms with E-state index < -0.39 is 0 Å². The van der Waals surface area contributed by atoms with Gasteiger partial charge >= 0.3 is 0 Å². The number of nitrogens with one attached hydrogen (secondary N) is 2. The van der Waals surface area contributed by atoms with Crippen LogP contribution >= 0.6 is 12.2 Å². The van der Waals surface area contributed by atoms with Crippen molar-refractivity contribution >= 4 is 40.6 Å². The molecule has 0 aliphatic carbocycles. The van der Waals surface area contributed by atoms with Crippen molar-refractivity contribution in [1.82, 2.24) is 15.3 Å². The zero-order chi connectivity index (χ0) is 25.5. The normalized spacial score (nSPS) is 15.9. The minimum atomic E-state index is 0.481. The van der Waals surface area contributed by atoms with Gasteiger partial charge < -0.3 is 34.8 Å². The molecule has 0 saturated carbocycles. The van der Waals surface area contributed by atoms with E-state index in [1.165, 1.54) is 5.69 Å². The van der Waals surface area contributed by atoms with Crippen LogP contribution in [0.1, 0.15) is 5.56 Å². The summed E-state index contributed by atoms with van der Waals surface area (Å²) in [6, 6.07) is 20.5. The number of piperazine rings is 1. The first-order valence-corrected chi connectivity index (χ1v) is 13.0. The van der Waals surface area contributed by atoms with Crippen LogP contribution in [-0.4, -0.2) is 74.7 Å². The van der Waals surface area contributed by atoms with Gasteiger partial charge in [-0.2, -0.15) is 9.97 Å². The van der Waals surface area contributed by atoms with E-state index in [1.54, 1.807) is 7.11 Å². The topological polar surface area (TPSA) is 78.0 Å². The average molecular weight is 520 g/mol. The van der Waals surface area contributed by atoms with Gasteiger partial charge in [0.05, 0.1) is 20.3 Å². The minimum Gasteiger partial charge on any atom is -0.497 e. The maximum atomic E-state index is 5.57. The van der Waals surface area contributed by atoms with Gasteiger partial charge in [-0.05, 0) is 42.0 Å². The third-order valence-electron chi connectivity index (χ3n) is 6.60. The van der Waals surface area contributed by atoms with Gasteiger partial charge in [0.15, 0.2) is 5.11 Å². The first-order chi connectivity index (χ1) is 18.2. The Hall–Kier alpha value is -3.63. The van der Waals surface area contributed by atoms with Gasteiger partial charge in [-0.1, -0.05) is 30.3 Å². The largest absolute Gasteiger partial charge is 0.497 e. The van der Waals surface area contributed by atoms with Crippen molar-refractivity contribution in [3.05, 3.63) is 66.2 Å². The Labute approximate surface area is 223 Å². The van der Waals surface area contributed by atoms with Gasteiger partial charge in [-0.25, -0.2) is 0 Å². The summed E-state index contributed by atoms with van der Waals surface area (Å²) in [4.78, 5) is 16.6. The first kappa shape index (κ1) is 25.0. The van der Waals surface area contributed by atoms with E-state index in [4.69, 9.17) is 31.7 Å². The lowest BCUT2D eigenvalue weighted by Gasteiger charge is -2.37. The maximum absolute atomic E-state index is 5.57. The van der Waals surface area contributed by atoms with E-state index in [1.807, 2.05) is 24.3 Å². The van der Waals surface area contributed by atoms with Crippen molar-refractivity contribution in [2.24, 2.45) is 0 Å². The number of benzene rings is 2. The van der Waals surface area contributed by atoms with E-state index >= 15 is 0 Å². The molecule has 0 amide bonds. The van der Waals surface area contributed by atoms with Crippen molar-refractivity contribution in [3.8, 4) is 5.75 Å². The monoisotopic (exact) mass is 519 g/mol. The molecule has 194 valence electrons. The summed E-state index contributed by atoms with van der Waals surface area (Å²) >= 11 is 5.57. The summed E-state index contributed by atoms with van der Waals surface area (Å²) in [6.07, 6.45) is 0. The molecule has 2 fully saturated rings. The van der Waals surface area contributed by atoms with Crippen LogP contribution in [0, 0.1) is 0 Å². The van der Waals surface area contributed by atoms with Gasteiger partial charge in [0.25, 0.3) is 0 Å². The third-order valence-corrected chi connectivity index (χ3v) is 6.84. The molecule has 3 aromatic rings. The van der Waals surface area contributed by atoms with E-state index in [9.17, 15) is 0 Å². The number of morpholine rings is 1. The number of methoxy groups -OCH3 is 1. The Morgan fingerprint density at radius 1 is 0.865 bits per heavy atom. The fourth-order valence-corrected chi connectivity index (χ4v) is 4.66. The molecule has 2 saturated heterocycles. The number of para-hydroxylation sites is 1. The molecule has 0 bridgehead atoms. The summed E-state index contributed by atoms with van der Waals surface area (Å²) < 4.78 is 10.8. The van der Waals surface area contributed by atoms with Crippen LogP contribution in [0.4, 0.5) is 23.3 Å². The van der Waals surface area contributed by atoms with Crippen LogP contribution < -0.4 is 30.1 Å². The number of ether oxygens (including phenoxy) is 2. The molecule has 5 rings (SSSR count). The Bertz CT molecular complexity index is 1170. The van der Waals surface area contributed by atoms with E-state index in [0.717, 1.165) is 62.2 Å². The second-order valence-electron chi connectivity index (χ2n) is 8.97. The number of nitrogens with zero attached hydrogens (tertiary/aromatic N) is 5. The molecule has 3 heterocycles. The summed E-state index contributed by atoms with van der Waals surface area (Å²) in [6.45, 7) is 7.22. The maximum Gasteiger partial charge on any atom is 0.232 e. The molecule has 0 spiro atoms. The molecular weight excluding hydrogens is 486 g/mol. The summed E-state index contributed by atoms with van der Waals surface area (Å²) in [5, 5.41) is 6.94. The highest BCUT2D eigenvalue weighted by Gasteiger charge is 2.22. The molecular formula is C27H33N7O2S. The molecule has 0 radical (unpaired) electrons. The van der Waals surface area contributed by atoms with Crippen LogP contribution in [0.25, 0.3) is 0 Å². The molecule has 2 aromatic carbocycles. The molecule has 2 aliphatic heterocycles. The Morgan fingerprint density at radius 3 is 2.14 bits per heavy atom. The molecule has 0 unspecified atom stereocenters. The fraction of sp³-hybridized carbons (Fsp3) is 0.370. The molecule has 2 N–H and O–H groups in total. The highest BCUT2D eigenvalue weighted by Crippen LogP contribution is 2.24. The van der Waals surface area contributed by atoms with E-state index in [-0.39, 0.29) is 0 Å². The average Bonchev–Trinajstić information content (AvgIpc) is 2.97. The lowest BCUT2D eigenvalue weighted by molar-refractivity contribution is 0.122. The van der Waals surface area contributed by atoms with Gasteiger partial charge in [-0.3, -0.25) is 0 Å². The summed E-state index contributed by atoms with van der Waals surface area (Å²) in [5.74, 6) is 3.12. The van der Waals surface area contributed by atoms with Crippen molar-refractivity contribution in [1.29, 1.82) is 0 Å². The highest BCUT2D eigenvalue weighted by molar-refractivity contribution is 7.80. The molecule has 2 aliphatic rings. The number of thiocarbonyl (C=S) groups is 1. The van der Waals surface area contributed by atoms with Gasteiger partial charge in [0.2, 0.25) is 5.95 Å². The fourth-order valence-electron chi connectivity index (χ4n) is 4.50. The number of hydrogen-bond acceptors (Lipinski definition) is 8. The number of hydrogen-bond donors (Lipinski definition) is 2. The zero-order valence-electron chi connectivity index (χ0n) is 21.1. The van der Waals surface area contributed by atoms with Crippen LogP contribution in [0.5, 0.6) is 5.75 Å². The van der Waals surface area contributed by atoms with Gasteiger partial charge in [-0.15, -0.1) is 0 Å². The second kappa shape index (κ2) is 12.1. The Kier molecular flexibility index (Phi) is 8.17. The Morgan fingerprint density at radius 2 is 1.49 bits per heavy atom. The Balaban J connectivity index is 1.27. The summed E-state index contributed by atoms with van der Waals surface area (Å²) in [7, 11) is 1.66. The van der Waals surface area contributed by atoms with Crippen molar-refractivity contribution < 1.29 is 9.47 Å².